The molecule has 1 aliphatic carbocycles. The molecule has 148 valence electrons. The Morgan fingerprint density at radius 3 is 2.70 bits per heavy atom. The second-order valence-corrected chi connectivity index (χ2v) is 9.68. The van der Waals surface area contributed by atoms with Gasteiger partial charge in [-0.1, -0.05) is 18.5 Å². The fourth-order valence-corrected chi connectivity index (χ4v) is 5.70. The molecular formula is C19H24ClNO5S. The second-order valence-electron chi connectivity index (χ2n) is 7.36. The van der Waals surface area contributed by atoms with Gasteiger partial charge >= 0.3 is 5.97 Å². The topological polar surface area (TPSA) is 80.8 Å². The largest absolute Gasteiger partial charge is 0.451 e. The lowest BCUT2D eigenvalue weighted by Gasteiger charge is -2.30. The first-order valence-electron chi connectivity index (χ1n) is 9.32. The van der Waals surface area contributed by atoms with E-state index in [1.165, 1.54) is 22.5 Å². The SMILES string of the molecule is CC1CCCN(S(=O)(=O)c2cc(C(=O)OC3CCCCC3=O)ccc2Cl)C1. The quantitative estimate of drug-likeness (QED) is 0.706. The molecular weight excluding hydrogens is 390 g/mol. The lowest BCUT2D eigenvalue weighted by molar-refractivity contribution is -0.129. The molecule has 1 aromatic rings. The smallest absolute Gasteiger partial charge is 0.338 e. The van der Waals surface area contributed by atoms with Gasteiger partial charge in [0, 0.05) is 19.5 Å². The summed E-state index contributed by atoms with van der Waals surface area (Å²) >= 11 is 6.14. The molecule has 27 heavy (non-hydrogen) atoms. The number of esters is 1. The van der Waals surface area contributed by atoms with Crippen molar-refractivity contribution in [3.05, 3.63) is 28.8 Å². The average molecular weight is 414 g/mol. The van der Waals surface area contributed by atoms with Gasteiger partial charge < -0.3 is 4.74 Å². The van der Waals surface area contributed by atoms with Gasteiger partial charge in [-0.15, -0.1) is 0 Å². The number of hydrogen-bond donors (Lipinski definition) is 0. The highest BCUT2D eigenvalue weighted by molar-refractivity contribution is 7.89. The Balaban J connectivity index is 1.83. The minimum atomic E-state index is -3.80. The molecule has 1 aromatic carbocycles. The monoisotopic (exact) mass is 413 g/mol. The molecule has 1 saturated heterocycles. The van der Waals surface area contributed by atoms with E-state index >= 15 is 0 Å². The van der Waals surface area contributed by atoms with E-state index in [2.05, 4.69) is 0 Å². The van der Waals surface area contributed by atoms with Gasteiger partial charge in [-0.3, -0.25) is 4.79 Å². The van der Waals surface area contributed by atoms with E-state index in [-0.39, 0.29) is 27.2 Å². The van der Waals surface area contributed by atoms with Crippen molar-refractivity contribution in [2.24, 2.45) is 5.92 Å². The Kier molecular flexibility index (Phi) is 6.23. The average Bonchev–Trinajstić information content (AvgIpc) is 2.63. The van der Waals surface area contributed by atoms with Gasteiger partial charge in [0.15, 0.2) is 11.9 Å². The molecule has 1 aliphatic heterocycles. The number of Topliss-reactive ketones (excluding diaryl/α,β-unsaturated/α-hetero) is 1. The fraction of sp³-hybridized carbons (Fsp3) is 0.579. The summed E-state index contributed by atoms with van der Waals surface area (Å²) in [6, 6.07) is 4.07. The van der Waals surface area contributed by atoms with E-state index in [9.17, 15) is 18.0 Å². The summed E-state index contributed by atoms with van der Waals surface area (Å²) in [6.45, 7) is 2.89. The molecule has 1 heterocycles. The van der Waals surface area contributed by atoms with Crippen LogP contribution in [0.2, 0.25) is 5.02 Å². The second kappa shape index (κ2) is 8.29. The van der Waals surface area contributed by atoms with Gasteiger partial charge in [-0.2, -0.15) is 4.31 Å². The van der Waals surface area contributed by atoms with Crippen LogP contribution in [0.15, 0.2) is 23.1 Å². The first kappa shape index (κ1) is 20.3. The number of carbonyl (C=O) groups is 2. The number of carbonyl (C=O) groups excluding carboxylic acids is 2. The maximum absolute atomic E-state index is 13.0. The zero-order valence-corrected chi connectivity index (χ0v) is 16.9. The number of nitrogens with zero attached hydrogens (tertiary/aromatic N) is 1. The summed E-state index contributed by atoms with van der Waals surface area (Å²) in [5.41, 5.74) is 0.0846. The highest BCUT2D eigenvalue weighted by Gasteiger charge is 2.32. The van der Waals surface area contributed by atoms with Crippen LogP contribution in [0.1, 0.15) is 55.8 Å². The molecule has 8 heteroatoms. The number of piperidine rings is 1. The third-order valence-electron chi connectivity index (χ3n) is 5.15. The zero-order chi connectivity index (χ0) is 19.6. The van der Waals surface area contributed by atoms with Gasteiger partial charge in [0.1, 0.15) is 4.90 Å². The van der Waals surface area contributed by atoms with Crippen LogP contribution in [0.25, 0.3) is 0 Å². The molecule has 2 aliphatic rings. The van der Waals surface area contributed by atoms with E-state index in [1.807, 2.05) is 6.92 Å². The summed E-state index contributed by atoms with van der Waals surface area (Å²) in [5.74, 6) is -0.508. The van der Waals surface area contributed by atoms with Crippen molar-refractivity contribution in [2.75, 3.05) is 13.1 Å². The van der Waals surface area contributed by atoms with Crippen LogP contribution in [0, 0.1) is 5.92 Å². The van der Waals surface area contributed by atoms with Crippen LogP contribution >= 0.6 is 11.6 Å². The molecule has 2 unspecified atom stereocenters. The van der Waals surface area contributed by atoms with Gasteiger partial charge in [0.25, 0.3) is 0 Å². The molecule has 0 spiro atoms. The minimum absolute atomic E-state index is 0.0681. The third kappa shape index (κ3) is 4.52. The van der Waals surface area contributed by atoms with Crippen molar-refractivity contribution >= 4 is 33.4 Å². The Hall–Kier alpha value is -1.44. The van der Waals surface area contributed by atoms with E-state index < -0.39 is 22.1 Å². The van der Waals surface area contributed by atoms with Crippen molar-refractivity contribution in [1.82, 2.24) is 4.31 Å². The van der Waals surface area contributed by atoms with Crippen molar-refractivity contribution in [3.8, 4) is 0 Å². The molecule has 2 atom stereocenters. The standard InChI is InChI=1S/C19H24ClNO5S/c1-13-5-4-10-21(12-13)27(24,25)18-11-14(8-9-15(18)20)19(23)26-17-7-3-2-6-16(17)22/h8-9,11,13,17H,2-7,10,12H2,1H3. The Morgan fingerprint density at radius 2 is 2.00 bits per heavy atom. The fourth-order valence-electron chi connectivity index (χ4n) is 3.60. The van der Waals surface area contributed by atoms with Crippen LogP contribution in [0.3, 0.4) is 0 Å². The van der Waals surface area contributed by atoms with Crippen LogP contribution < -0.4 is 0 Å². The highest BCUT2D eigenvalue weighted by atomic mass is 35.5. The molecule has 2 fully saturated rings. The summed E-state index contributed by atoms with van der Waals surface area (Å²) in [7, 11) is -3.80. The van der Waals surface area contributed by atoms with Gasteiger partial charge in [-0.05, 0) is 56.2 Å². The predicted octanol–water partition coefficient (Wildman–Crippen LogP) is 3.43. The Morgan fingerprint density at radius 1 is 1.22 bits per heavy atom. The molecule has 3 rings (SSSR count). The van der Waals surface area contributed by atoms with Gasteiger partial charge in [0.05, 0.1) is 10.6 Å². The van der Waals surface area contributed by atoms with E-state index in [0.29, 0.717) is 25.9 Å². The summed E-state index contributed by atoms with van der Waals surface area (Å²) in [6.07, 6.45) is 3.59. The van der Waals surface area contributed by atoms with Crippen molar-refractivity contribution in [3.63, 3.8) is 0 Å². The molecule has 0 amide bonds. The summed E-state index contributed by atoms with van der Waals surface area (Å²) < 4.78 is 32.8. The Bertz CT molecular complexity index is 839. The lowest BCUT2D eigenvalue weighted by atomic mass is 9.96. The molecule has 6 nitrogen and oxygen atoms in total. The number of ether oxygens (including phenoxy) is 1. The summed E-state index contributed by atoms with van der Waals surface area (Å²) in [4.78, 5) is 24.2. The maximum atomic E-state index is 13.0. The lowest BCUT2D eigenvalue weighted by Crippen LogP contribution is -2.39. The molecule has 0 bridgehead atoms. The van der Waals surface area contributed by atoms with Crippen molar-refractivity contribution in [2.45, 2.75) is 56.4 Å². The number of sulfonamides is 1. The van der Waals surface area contributed by atoms with E-state index in [1.54, 1.807) is 0 Å². The number of benzene rings is 1. The summed E-state index contributed by atoms with van der Waals surface area (Å²) in [5, 5.41) is 0.0681. The normalized spacial score (nSPS) is 24.6. The van der Waals surface area contributed by atoms with Gasteiger partial charge in [0.2, 0.25) is 10.0 Å². The number of hydrogen-bond acceptors (Lipinski definition) is 5. The van der Waals surface area contributed by atoms with Crippen molar-refractivity contribution in [1.29, 1.82) is 0 Å². The predicted molar refractivity (Wildman–Crippen MR) is 101 cm³/mol. The van der Waals surface area contributed by atoms with Gasteiger partial charge in [-0.25, -0.2) is 13.2 Å². The van der Waals surface area contributed by atoms with Crippen LogP contribution in [0.5, 0.6) is 0 Å². The van der Waals surface area contributed by atoms with Crippen LogP contribution in [-0.4, -0.2) is 43.7 Å². The number of rotatable bonds is 4. The van der Waals surface area contributed by atoms with Crippen molar-refractivity contribution < 1.29 is 22.7 Å². The Labute approximate surface area is 164 Å². The third-order valence-corrected chi connectivity index (χ3v) is 7.50. The number of ketones is 1. The molecule has 0 radical (unpaired) electrons. The van der Waals surface area contributed by atoms with E-state index in [4.69, 9.17) is 16.3 Å². The molecule has 0 N–H and O–H groups in total. The van der Waals surface area contributed by atoms with Crippen LogP contribution in [0.4, 0.5) is 0 Å². The maximum Gasteiger partial charge on any atom is 0.338 e. The highest BCUT2D eigenvalue weighted by Crippen LogP contribution is 2.29. The molecule has 0 aromatic heterocycles. The zero-order valence-electron chi connectivity index (χ0n) is 15.3. The minimum Gasteiger partial charge on any atom is -0.451 e. The molecule has 1 saturated carbocycles. The number of halogens is 1. The van der Waals surface area contributed by atoms with Crippen LogP contribution in [-0.2, 0) is 19.6 Å². The van der Waals surface area contributed by atoms with E-state index in [0.717, 1.165) is 25.7 Å². The first-order valence-corrected chi connectivity index (χ1v) is 11.1. The first-order chi connectivity index (χ1) is 12.8.